The molecule has 0 aliphatic carbocycles. The highest BCUT2D eigenvalue weighted by atomic mass is 16.3. The Balaban J connectivity index is 1.47. The van der Waals surface area contributed by atoms with Crippen molar-refractivity contribution in [2.75, 3.05) is 52.9 Å². The molecule has 1 aromatic rings. The van der Waals surface area contributed by atoms with Crippen LogP contribution in [0.5, 0.6) is 0 Å². The van der Waals surface area contributed by atoms with Gasteiger partial charge in [-0.1, -0.05) is 12.1 Å². The largest absolute Gasteiger partial charge is 0.391 e. The van der Waals surface area contributed by atoms with Gasteiger partial charge in [-0.3, -0.25) is 9.69 Å². The summed E-state index contributed by atoms with van der Waals surface area (Å²) in [7, 11) is 2.16. The van der Waals surface area contributed by atoms with Crippen LogP contribution in [-0.4, -0.2) is 79.8 Å². The van der Waals surface area contributed by atoms with E-state index >= 15 is 0 Å². The van der Waals surface area contributed by atoms with Gasteiger partial charge < -0.3 is 20.6 Å². The second-order valence-corrected chi connectivity index (χ2v) is 6.97. The number of likely N-dealkylation sites (N-methyl/N-ethyl adjacent to an activating group) is 1. The van der Waals surface area contributed by atoms with Crippen LogP contribution in [0.2, 0.25) is 0 Å². The molecule has 0 saturated carbocycles. The lowest BCUT2D eigenvalue weighted by Gasteiger charge is -2.32. The lowest BCUT2D eigenvalue weighted by Crippen LogP contribution is -2.43. The molecule has 3 rings (SSSR count). The molecule has 2 fully saturated rings. The van der Waals surface area contributed by atoms with E-state index in [1.165, 1.54) is 5.56 Å². The Morgan fingerprint density at radius 3 is 2.54 bits per heavy atom. The molecule has 2 heterocycles. The van der Waals surface area contributed by atoms with Crippen LogP contribution < -0.4 is 10.6 Å². The Kier molecular flexibility index (Phi) is 5.84. The van der Waals surface area contributed by atoms with Crippen molar-refractivity contribution in [3.8, 4) is 0 Å². The first-order valence-electron chi connectivity index (χ1n) is 8.78. The number of nitrogens with one attached hydrogen (secondary N) is 2. The van der Waals surface area contributed by atoms with Crippen molar-refractivity contribution < 1.29 is 9.90 Å². The number of nitrogens with zero attached hydrogens (tertiary/aromatic N) is 2. The van der Waals surface area contributed by atoms with Gasteiger partial charge in [0.25, 0.3) is 5.91 Å². The predicted molar refractivity (Wildman–Crippen MR) is 93.9 cm³/mol. The molecule has 1 amide bonds. The van der Waals surface area contributed by atoms with Gasteiger partial charge in [-0.05, 0) is 24.7 Å². The Morgan fingerprint density at radius 1 is 1.21 bits per heavy atom. The maximum Gasteiger partial charge on any atom is 0.251 e. The van der Waals surface area contributed by atoms with E-state index in [1.54, 1.807) is 0 Å². The first-order chi connectivity index (χ1) is 11.6. The standard InChI is InChI=1S/C18H28N4O2/c1-21-6-8-22(9-7-21)13-14-2-4-15(5-3-14)18(24)20-11-16-10-19-12-17(16)23/h2-5,16-17,19,23H,6-13H2,1H3,(H,20,24). The number of carbonyl (C=O) groups excluding carboxylic acids is 1. The summed E-state index contributed by atoms with van der Waals surface area (Å²) < 4.78 is 0. The zero-order valence-electron chi connectivity index (χ0n) is 14.4. The molecule has 6 heteroatoms. The van der Waals surface area contributed by atoms with Gasteiger partial charge in [0.1, 0.15) is 0 Å². The van der Waals surface area contributed by atoms with Crippen LogP contribution in [0.25, 0.3) is 0 Å². The maximum absolute atomic E-state index is 12.2. The van der Waals surface area contributed by atoms with Gasteiger partial charge >= 0.3 is 0 Å². The van der Waals surface area contributed by atoms with E-state index in [2.05, 4.69) is 27.5 Å². The summed E-state index contributed by atoms with van der Waals surface area (Å²) in [5.74, 6) is 0.0331. The van der Waals surface area contributed by atoms with Crippen molar-refractivity contribution in [2.45, 2.75) is 12.6 Å². The second-order valence-electron chi connectivity index (χ2n) is 6.97. The molecule has 24 heavy (non-hydrogen) atoms. The molecular weight excluding hydrogens is 304 g/mol. The summed E-state index contributed by atoms with van der Waals surface area (Å²) in [6, 6.07) is 7.87. The lowest BCUT2D eigenvalue weighted by molar-refractivity contribution is 0.0927. The lowest BCUT2D eigenvalue weighted by atomic mass is 10.1. The van der Waals surface area contributed by atoms with Crippen LogP contribution in [0.3, 0.4) is 0 Å². The molecule has 132 valence electrons. The summed E-state index contributed by atoms with van der Waals surface area (Å²) >= 11 is 0. The third-order valence-electron chi connectivity index (χ3n) is 5.05. The van der Waals surface area contributed by atoms with Crippen LogP contribution in [0, 0.1) is 5.92 Å². The number of hydrogen-bond acceptors (Lipinski definition) is 5. The first kappa shape index (κ1) is 17.4. The van der Waals surface area contributed by atoms with Crippen LogP contribution in [0.1, 0.15) is 15.9 Å². The normalized spacial score (nSPS) is 25.8. The number of aliphatic hydroxyl groups is 1. The van der Waals surface area contributed by atoms with Crippen molar-refractivity contribution in [3.63, 3.8) is 0 Å². The molecule has 2 aliphatic heterocycles. The molecule has 6 nitrogen and oxygen atoms in total. The fourth-order valence-corrected chi connectivity index (χ4v) is 3.28. The Hall–Kier alpha value is -1.47. The van der Waals surface area contributed by atoms with E-state index in [1.807, 2.05) is 24.3 Å². The van der Waals surface area contributed by atoms with Gasteiger partial charge in [-0.15, -0.1) is 0 Å². The zero-order valence-corrected chi connectivity index (χ0v) is 14.4. The molecule has 0 aromatic heterocycles. The monoisotopic (exact) mass is 332 g/mol. The molecule has 2 unspecified atom stereocenters. The highest BCUT2D eigenvalue weighted by molar-refractivity contribution is 5.94. The number of β-amino-alcohol motifs (C(OH)–C–C–N with tert-alkyl or cyclic N) is 1. The van der Waals surface area contributed by atoms with Crippen LogP contribution in [0.4, 0.5) is 0 Å². The molecule has 2 aliphatic rings. The third-order valence-corrected chi connectivity index (χ3v) is 5.05. The smallest absolute Gasteiger partial charge is 0.251 e. The van der Waals surface area contributed by atoms with Crippen molar-refractivity contribution in [3.05, 3.63) is 35.4 Å². The Labute approximate surface area is 143 Å². The van der Waals surface area contributed by atoms with Crippen molar-refractivity contribution in [1.82, 2.24) is 20.4 Å². The molecule has 1 aromatic carbocycles. The topological polar surface area (TPSA) is 67.8 Å². The minimum Gasteiger partial charge on any atom is -0.391 e. The maximum atomic E-state index is 12.2. The van der Waals surface area contributed by atoms with Crippen LogP contribution in [-0.2, 0) is 6.54 Å². The van der Waals surface area contributed by atoms with Gasteiger partial charge in [0.2, 0.25) is 0 Å². The van der Waals surface area contributed by atoms with E-state index < -0.39 is 0 Å². The van der Waals surface area contributed by atoms with E-state index in [0.29, 0.717) is 18.7 Å². The predicted octanol–water partition coefficient (Wildman–Crippen LogP) is -0.256. The van der Waals surface area contributed by atoms with E-state index in [0.717, 1.165) is 39.3 Å². The molecule has 2 atom stereocenters. The number of amides is 1. The summed E-state index contributed by atoms with van der Waals surface area (Å²) in [5, 5.41) is 15.8. The minimum atomic E-state index is -0.365. The first-order valence-corrected chi connectivity index (χ1v) is 8.78. The van der Waals surface area contributed by atoms with Crippen LogP contribution in [0.15, 0.2) is 24.3 Å². The highest BCUT2D eigenvalue weighted by Gasteiger charge is 2.25. The summed E-state index contributed by atoms with van der Waals surface area (Å²) in [6.45, 7) is 7.23. The quantitative estimate of drug-likeness (QED) is 0.693. The number of carbonyl (C=O) groups is 1. The number of rotatable bonds is 5. The van der Waals surface area contributed by atoms with Gasteiger partial charge in [-0.25, -0.2) is 0 Å². The molecule has 0 radical (unpaired) electrons. The number of piperazine rings is 1. The second kappa shape index (κ2) is 8.07. The van der Waals surface area contributed by atoms with Crippen molar-refractivity contribution in [1.29, 1.82) is 0 Å². The summed E-state index contributed by atoms with van der Waals surface area (Å²) in [5.41, 5.74) is 1.92. The average Bonchev–Trinajstić information content (AvgIpc) is 3.00. The van der Waals surface area contributed by atoms with Gasteiger partial charge in [0, 0.05) is 63.8 Å². The highest BCUT2D eigenvalue weighted by Crippen LogP contribution is 2.11. The summed E-state index contributed by atoms with van der Waals surface area (Å²) in [4.78, 5) is 17.0. The number of benzene rings is 1. The number of aliphatic hydroxyl groups excluding tert-OH is 1. The van der Waals surface area contributed by atoms with E-state index in [4.69, 9.17) is 0 Å². The fourth-order valence-electron chi connectivity index (χ4n) is 3.28. The summed E-state index contributed by atoms with van der Waals surface area (Å²) in [6.07, 6.45) is -0.365. The van der Waals surface area contributed by atoms with E-state index in [-0.39, 0.29) is 17.9 Å². The minimum absolute atomic E-state index is 0.0692. The molecule has 0 spiro atoms. The Morgan fingerprint density at radius 2 is 1.92 bits per heavy atom. The number of hydrogen-bond donors (Lipinski definition) is 3. The molecule has 3 N–H and O–H groups in total. The molecular formula is C18H28N4O2. The van der Waals surface area contributed by atoms with Crippen LogP contribution >= 0.6 is 0 Å². The van der Waals surface area contributed by atoms with E-state index in [9.17, 15) is 9.90 Å². The Bertz CT molecular complexity index is 540. The third kappa shape index (κ3) is 4.54. The average molecular weight is 332 g/mol. The van der Waals surface area contributed by atoms with Gasteiger partial charge in [0.15, 0.2) is 0 Å². The van der Waals surface area contributed by atoms with Gasteiger partial charge in [-0.2, -0.15) is 0 Å². The molecule has 0 bridgehead atoms. The zero-order chi connectivity index (χ0) is 16.9. The molecule has 2 saturated heterocycles. The van der Waals surface area contributed by atoms with Crippen molar-refractivity contribution in [2.24, 2.45) is 5.92 Å². The van der Waals surface area contributed by atoms with Crippen molar-refractivity contribution >= 4 is 5.91 Å². The SMILES string of the molecule is CN1CCN(Cc2ccc(C(=O)NCC3CNCC3O)cc2)CC1. The van der Waals surface area contributed by atoms with Gasteiger partial charge in [0.05, 0.1) is 6.10 Å². The fraction of sp³-hybridized carbons (Fsp3) is 0.611.